The smallest absolute Gasteiger partial charge is 0.302 e. The topological polar surface area (TPSA) is 43.4 Å². The number of benzene rings is 1. The first-order valence-electron chi connectivity index (χ1n) is 7.91. The Morgan fingerprint density at radius 2 is 1.96 bits per heavy atom. The van der Waals surface area contributed by atoms with E-state index < -0.39 is 10.8 Å². The number of carbonyl (C=O) groups is 1. The number of rotatable bonds is 8. The second kappa shape index (κ2) is 12.1. The van der Waals surface area contributed by atoms with Crippen molar-refractivity contribution in [2.24, 2.45) is 5.92 Å². The van der Waals surface area contributed by atoms with Gasteiger partial charge < -0.3 is 4.74 Å². The Bertz CT molecular complexity index is 734. The maximum absolute atomic E-state index is 11.6. The van der Waals surface area contributed by atoms with Gasteiger partial charge in [-0.15, -0.1) is 13.0 Å². The van der Waals surface area contributed by atoms with E-state index in [2.05, 4.69) is 12.5 Å². The fourth-order valence-electron chi connectivity index (χ4n) is 2.27. The molecule has 0 N–H and O–H groups in total. The van der Waals surface area contributed by atoms with Crippen LogP contribution in [0.3, 0.4) is 0 Å². The van der Waals surface area contributed by atoms with Gasteiger partial charge in [-0.25, -0.2) is 0 Å². The van der Waals surface area contributed by atoms with Gasteiger partial charge in [-0.05, 0) is 42.2 Å². The first-order valence-corrected chi connectivity index (χ1v) is 9.47. The van der Waals surface area contributed by atoms with E-state index in [-0.39, 0.29) is 25.9 Å². The summed E-state index contributed by atoms with van der Waals surface area (Å²) in [6.45, 7) is 7.14. The molecule has 3 nitrogen and oxygen atoms in total. The van der Waals surface area contributed by atoms with Gasteiger partial charge in [-0.3, -0.25) is 9.00 Å². The average Bonchev–Trinajstić information content (AvgIpc) is 2.59. The Morgan fingerprint density at radius 3 is 2.42 bits per heavy atom. The van der Waals surface area contributed by atoms with Crippen LogP contribution in [0.4, 0.5) is 0 Å². The van der Waals surface area contributed by atoms with Crippen molar-refractivity contribution < 1.29 is 13.7 Å². The highest BCUT2D eigenvalue weighted by Crippen LogP contribution is 2.26. The summed E-state index contributed by atoms with van der Waals surface area (Å²) in [5, 5.41) is 0. The summed E-state index contributed by atoms with van der Waals surface area (Å²) in [4.78, 5) is 12.0. The van der Waals surface area contributed by atoms with Crippen LogP contribution in [-0.2, 0) is 20.3 Å². The SMILES string of the molecule is C.C#CC(/C=C\CC=C)/C(C)=C(/COC(C)=O)c1ccc(S(C)=O)cc1. The van der Waals surface area contributed by atoms with Crippen LogP contribution < -0.4 is 0 Å². The molecule has 140 valence electrons. The van der Waals surface area contributed by atoms with Crippen molar-refractivity contribution in [1.29, 1.82) is 0 Å². The molecular formula is C22H28O3S. The van der Waals surface area contributed by atoms with Gasteiger partial charge in [0.25, 0.3) is 0 Å². The molecule has 0 aliphatic heterocycles. The van der Waals surface area contributed by atoms with Crippen LogP contribution in [0.15, 0.2) is 59.5 Å². The highest BCUT2D eigenvalue weighted by Gasteiger charge is 2.14. The molecule has 0 aromatic heterocycles. The molecule has 2 unspecified atom stereocenters. The van der Waals surface area contributed by atoms with Gasteiger partial charge in [0.2, 0.25) is 0 Å². The Kier molecular flexibility index (Phi) is 10.9. The second-order valence-corrected chi connectivity index (χ2v) is 6.90. The molecule has 1 aromatic carbocycles. The summed E-state index contributed by atoms with van der Waals surface area (Å²) in [6, 6.07) is 7.37. The molecule has 1 aromatic rings. The summed E-state index contributed by atoms with van der Waals surface area (Å²) in [6.07, 6.45) is 13.8. The summed E-state index contributed by atoms with van der Waals surface area (Å²) < 4.78 is 16.8. The van der Waals surface area contributed by atoms with Gasteiger partial charge >= 0.3 is 5.97 Å². The zero-order valence-corrected chi connectivity index (χ0v) is 15.8. The monoisotopic (exact) mass is 372 g/mol. The van der Waals surface area contributed by atoms with Gasteiger partial charge in [0.1, 0.15) is 6.61 Å². The molecule has 0 amide bonds. The van der Waals surface area contributed by atoms with E-state index in [1.807, 2.05) is 43.3 Å². The zero-order chi connectivity index (χ0) is 18.8. The largest absolute Gasteiger partial charge is 0.461 e. The Hall–Kier alpha value is -2.38. The lowest BCUT2D eigenvalue weighted by molar-refractivity contribution is -0.139. The van der Waals surface area contributed by atoms with Crippen LogP contribution in [0.25, 0.3) is 5.57 Å². The average molecular weight is 373 g/mol. The molecule has 0 saturated carbocycles. The van der Waals surface area contributed by atoms with Crippen molar-refractivity contribution in [3.05, 3.63) is 60.2 Å². The van der Waals surface area contributed by atoms with Gasteiger partial charge in [-0.1, -0.05) is 43.7 Å². The van der Waals surface area contributed by atoms with Gasteiger partial charge in [-0.2, -0.15) is 0 Å². The van der Waals surface area contributed by atoms with Crippen LogP contribution in [0.1, 0.15) is 33.3 Å². The van der Waals surface area contributed by atoms with Gasteiger partial charge in [0.05, 0.1) is 5.92 Å². The Balaban J connectivity index is 0.00000625. The zero-order valence-electron chi connectivity index (χ0n) is 15.0. The van der Waals surface area contributed by atoms with Crippen LogP contribution in [0.2, 0.25) is 0 Å². The first-order chi connectivity index (χ1) is 11.9. The molecule has 0 heterocycles. The minimum absolute atomic E-state index is 0. The van der Waals surface area contributed by atoms with Crippen molar-refractivity contribution in [1.82, 2.24) is 0 Å². The third-order valence-corrected chi connectivity index (χ3v) is 4.64. The number of hydrogen-bond acceptors (Lipinski definition) is 3. The lowest BCUT2D eigenvalue weighted by atomic mass is 9.92. The van der Waals surface area contributed by atoms with E-state index in [4.69, 9.17) is 11.2 Å². The number of allylic oxidation sites excluding steroid dienone is 4. The number of carbonyl (C=O) groups excluding carboxylic acids is 1. The van der Waals surface area contributed by atoms with Crippen molar-refractivity contribution in [3.8, 4) is 12.3 Å². The quantitative estimate of drug-likeness (QED) is 0.375. The molecule has 0 aliphatic carbocycles. The summed E-state index contributed by atoms with van der Waals surface area (Å²) in [7, 11) is -1.04. The lowest BCUT2D eigenvalue weighted by Gasteiger charge is -2.16. The number of hydrogen-bond donors (Lipinski definition) is 0. The van der Waals surface area contributed by atoms with E-state index in [1.54, 1.807) is 12.3 Å². The number of ether oxygens (including phenoxy) is 1. The molecule has 0 bridgehead atoms. The maximum Gasteiger partial charge on any atom is 0.302 e. The highest BCUT2D eigenvalue weighted by molar-refractivity contribution is 7.84. The van der Waals surface area contributed by atoms with E-state index in [9.17, 15) is 9.00 Å². The Morgan fingerprint density at radius 1 is 1.35 bits per heavy atom. The van der Waals surface area contributed by atoms with E-state index >= 15 is 0 Å². The van der Waals surface area contributed by atoms with E-state index in [1.165, 1.54) is 6.92 Å². The lowest BCUT2D eigenvalue weighted by Crippen LogP contribution is -2.08. The third kappa shape index (κ3) is 7.25. The fourth-order valence-corrected chi connectivity index (χ4v) is 2.79. The molecule has 26 heavy (non-hydrogen) atoms. The first kappa shape index (κ1) is 23.6. The highest BCUT2D eigenvalue weighted by atomic mass is 32.2. The van der Waals surface area contributed by atoms with Crippen LogP contribution in [-0.4, -0.2) is 23.0 Å². The van der Waals surface area contributed by atoms with E-state index in [0.29, 0.717) is 0 Å². The van der Waals surface area contributed by atoms with Crippen LogP contribution in [0.5, 0.6) is 0 Å². The molecule has 4 heteroatoms. The minimum atomic E-state index is -1.04. The molecule has 0 spiro atoms. The standard InChI is InChI=1S/C21H24O3S.CH4/c1-6-8-9-10-18(7-2)16(3)21(15-24-17(4)22)19-11-13-20(14-12-19)25(5)23;/h2,6,9-14,18H,1,8,15H2,3-5H3;1H4/b10-9-,21-16-;. The summed E-state index contributed by atoms with van der Waals surface area (Å²) in [5.74, 6) is 2.21. The Labute approximate surface area is 160 Å². The maximum atomic E-state index is 11.6. The second-order valence-electron chi connectivity index (χ2n) is 5.52. The van der Waals surface area contributed by atoms with Gasteiger partial charge in [0.15, 0.2) is 0 Å². The summed E-state index contributed by atoms with van der Waals surface area (Å²) >= 11 is 0. The van der Waals surface area contributed by atoms with Crippen molar-refractivity contribution in [3.63, 3.8) is 0 Å². The van der Waals surface area contributed by atoms with Crippen molar-refractivity contribution >= 4 is 22.3 Å². The molecule has 0 fully saturated rings. The van der Waals surface area contributed by atoms with Crippen molar-refractivity contribution in [2.45, 2.75) is 32.6 Å². The predicted octanol–water partition coefficient (Wildman–Crippen LogP) is 4.78. The molecule has 1 rings (SSSR count). The molecule has 0 radical (unpaired) electrons. The molecular weight excluding hydrogens is 344 g/mol. The normalized spacial score (nSPS) is 13.8. The fraction of sp³-hybridized carbons (Fsp3) is 0.318. The predicted molar refractivity (Wildman–Crippen MR) is 111 cm³/mol. The number of esters is 1. The molecule has 0 saturated heterocycles. The van der Waals surface area contributed by atoms with Crippen LogP contribution in [0, 0.1) is 18.3 Å². The minimum Gasteiger partial charge on any atom is -0.461 e. The molecule has 0 aliphatic rings. The van der Waals surface area contributed by atoms with Gasteiger partial charge in [0, 0.05) is 28.9 Å². The summed E-state index contributed by atoms with van der Waals surface area (Å²) in [5.41, 5.74) is 2.69. The third-order valence-electron chi connectivity index (χ3n) is 3.71. The van der Waals surface area contributed by atoms with Crippen LogP contribution >= 0.6 is 0 Å². The van der Waals surface area contributed by atoms with E-state index in [0.717, 1.165) is 28.0 Å². The number of terminal acetylenes is 1. The van der Waals surface area contributed by atoms with Crippen molar-refractivity contribution in [2.75, 3.05) is 12.9 Å². The molecule has 2 atom stereocenters.